The zero-order chi connectivity index (χ0) is 8.10. The third-order valence-corrected chi connectivity index (χ3v) is 1.50. The Balaban J connectivity index is 2.58. The number of benzene rings is 1. The van der Waals surface area contributed by atoms with Gasteiger partial charge in [-0.1, -0.05) is 18.2 Å². The average molecular weight is 188 g/mol. The minimum Gasteiger partial charge on any atom is -0.431 e. The highest BCUT2D eigenvalue weighted by Crippen LogP contribution is 2.08. The average Bonchev–Trinajstić information content (AvgIpc) is 2.06. The molecule has 0 spiro atoms. The number of thiocarbonyl (C=S) groups is 1. The van der Waals surface area contributed by atoms with Gasteiger partial charge in [0.25, 0.3) is 5.17 Å². The third-order valence-electron chi connectivity index (χ3n) is 1.03. The minimum atomic E-state index is 0.151. The van der Waals surface area contributed by atoms with E-state index < -0.39 is 0 Å². The number of ether oxygens (including phenoxy) is 1. The second kappa shape index (κ2) is 4.16. The van der Waals surface area contributed by atoms with Gasteiger partial charge in [0.05, 0.1) is 0 Å². The van der Waals surface area contributed by atoms with Gasteiger partial charge in [0.15, 0.2) is 0 Å². The van der Waals surface area contributed by atoms with E-state index in [-0.39, 0.29) is 5.17 Å². The molecule has 1 N–H and O–H groups in total. The van der Waals surface area contributed by atoms with Gasteiger partial charge in [0.2, 0.25) is 0 Å². The highest BCUT2D eigenvalue weighted by molar-refractivity contribution is 7.80. The summed E-state index contributed by atoms with van der Waals surface area (Å²) in [6.45, 7) is 0. The molecular weight excluding hydrogens is 182 g/mol. The summed E-state index contributed by atoms with van der Waals surface area (Å²) in [5.74, 6) is 0.672. The van der Waals surface area contributed by atoms with E-state index >= 15 is 0 Å². The largest absolute Gasteiger partial charge is 0.431 e. The molecule has 0 saturated carbocycles. The third kappa shape index (κ3) is 2.74. The zero-order valence-electron chi connectivity index (χ0n) is 5.58. The standard InChI is InChI=1S/C7H6ClNOS/c8-9-7(11)10-6-4-2-1-3-5-6/h1-5H,(H,9,11). The maximum Gasteiger partial charge on any atom is 0.277 e. The Morgan fingerprint density at radius 3 is 2.55 bits per heavy atom. The van der Waals surface area contributed by atoms with Gasteiger partial charge in [-0.05, 0) is 24.4 Å². The fourth-order valence-electron chi connectivity index (χ4n) is 0.615. The number of para-hydroxylation sites is 1. The first-order valence-electron chi connectivity index (χ1n) is 2.96. The van der Waals surface area contributed by atoms with Crippen molar-refractivity contribution in [2.45, 2.75) is 0 Å². The van der Waals surface area contributed by atoms with Crippen LogP contribution in [0.4, 0.5) is 0 Å². The molecule has 1 rings (SSSR count). The van der Waals surface area contributed by atoms with E-state index in [4.69, 9.17) is 16.5 Å². The van der Waals surface area contributed by atoms with Crippen molar-refractivity contribution in [3.63, 3.8) is 0 Å². The summed E-state index contributed by atoms with van der Waals surface area (Å²) < 4.78 is 5.05. The number of hydrogen-bond donors (Lipinski definition) is 1. The lowest BCUT2D eigenvalue weighted by molar-refractivity contribution is 0.551. The van der Waals surface area contributed by atoms with Gasteiger partial charge in [-0.2, -0.15) is 0 Å². The van der Waals surface area contributed by atoms with E-state index in [1.807, 2.05) is 18.2 Å². The predicted molar refractivity (Wildman–Crippen MR) is 48.7 cm³/mol. The van der Waals surface area contributed by atoms with Crippen molar-refractivity contribution in [2.24, 2.45) is 0 Å². The summed E-state index contributed by atoms with van der Waals surface area (Å²) in [7, 11) is 0. The van der Waals surface area contributed by atoms with Crippen molar-refractivity contribution in [3.8, 4) is 5.75 Å². The molecule has 4 heteroatoms. The summed E-state index contributed by atoms with van der Waals surface area (Å²) in [5, 5.41) is 0.151. The number of hydrogen-bond acceptors (Lipinski definition) is 2. The Morgan fingerprint density at radius 1 is 1.36 bits per heavy atom. The summed E-state index contributed by atoms with van der Waals surface area (Å²) >= 11 is 9.86. The van der Waals surface area contributed by atoms with Crippen LogP contribution in [0.5, 0.6) is 5.75 Å². The number of halogens is 1. The van der Waals surface area contributed by atoms with E-state index in [0.29, 0.717) is 5.75 Å². The second-order valence-corrected chi connectivity index (χ2v) is 2.36. The molecule has 0 aliphatic carbocycles. The van der Waals surface area contributed by atoms with Gasteiger partial charge >= 0.3 is 0 Å². The van der Waals surface area contributed by atoms with Crippen LogP contribution in [0.25, 0.3) is 0 Å². The van der Waals surface area contributed by atoms with E-state index in [0.717, 1.165) is 0 Å². The van der Waals surface area contributed by atoms with E-state index in [9.17, 15) is 0 Å². The van der Waals surface area contributed by atoms with Crippen molar-refractivity contribution in [2.75, 3.05) is 0 Å². The maximum absolute atomic E-state index is 5.19. The molecule has 0 fully saturated rings. The topological polar surface area (TPSA) is 21.3 Å². The molecule has 1 aromatic carbocycles. The van der Waals surface area contributed by atoms with Crippen molar-refractivity contribution in [1.29, 1.82) is 0 Å². The van der Waals surface area contributed by atoms with Crippen molar-refractivity contribution in [3.05, 3.63) is 30.3 Å². The van der Waals surface area contributed by atoms with Crippen LogP contribution >= 0.6 is 24.0 Å². The molecule has 0 unspecified atom stereocenters. The Kier molecular flexibility index (Phi) is 3.14. The Hall–Kier alpha value is -0.800. The Labute approximate surface area is 75.2 Å². The monoisotopic (exact) mass is 187 g/mol. The van der Waals surface area contributed by atoms with Crippen LogP contribution in [-0.4, -0.2) is 5.17 Å². The molecule has 0 heterocycles. The lowest BCUT2D eigenvalue weighted by atomic mass is 10.3. The van der Waals surface area contributed by atoms with Crippen LogP contribution in [0, 0.1) is 0 Å². The number of rotatable bonds is 1. The van der Waals surface area contributed by atoms with Gasteiger partial charge in [0, 0.05) is 11.8 Å². The zero-order valence-corrected chi connectivity index (χ0v) is 7.15. The van der Waals surface area contributed by atoms with Gasteiger partial charge in [-0.3, -0.25) is 4.84 Å². The second-order valence-electron chi connectivity index (χ2n) is 1.80. The van der Waals surface area contributed by atoms with Gasteiger partial charge < -0.3 is 4.74 Å². The summed E-state index contributed by atoms with van der Waals surface area (Å²) in [6, 6.07) is 9.18. The van der Waals surface area contributed by atoms with Gasteiger partial charge in [0.1, 0.15) is 5.75 Å². The molecule has 0 saturated heterocycles. The predicted octanol–water partition coefficient (Wildman–Crippen LogP) is 2.09. The molecule has 0 aromatic heterocycles. The molecule has 0 amide bonds. The molecule has 0 aliphatic rings. The fourth-order valence-corrected chi connectivity index (χ4v) is 0.750. The smallest absolute Gasteiger partial charge is 0.277 e. The summed E-state index contributed by atoms with van der Waals surface area (Å²) in [5.41, 5.74) is 0. The molecule has 0 radical (unpaired) electrons. The SMILES string of the molecule is S=C(NCl)Oc1ccccc1. The molecule has 58 valence electrons. The van der Waals surface area contributed by atoms with Crippen LogP contribution in [0.3, 0.4) is 0 Å². The first-order valence-corrected chi connectivity index (χ1v) is 3.75. The first kappa shape index (κ1) is 8.30. The van der Waals surface area contributed by atoms with Crippen molar-refractivity contribution in [1.82, 2.24) is 4.84 Å². The molecule has 2 nitrogen and oxygen atoms in total. The van der Waals surface area contributed by atoms with Crippen LogP contribution in [0.15, 0.2) is 30.3 Å². The molecule has 0 atom stereocenters. The van der Waals surface area contributed by atoms with Crippen LogP contribution in [0.1, 0.15) is 0 Å². The van der Waals surface area contributed by atoms with Crippen LogP contribution in [0.2, 0.25) is 0 Å². The molecule has 1 aromatic rings. The van der Waals surface area contributed by atoms with E-state index in [2.05, 4.69) is 17.1 Å². The Morgan fingerprint density at radius 2 is 2.00 bits per heavy atom. The van der Waals surface area contributed by atoms with Crippen LogP contribution in [-0.2, 0) is 0 Å². The quantitative estimate of drug-likeness (QED) is 0.538. The highest BCUT2D eigenvalue weighted by atomic mass is 35.5. The molecule has 0 bridgehead atoms. The highest BCUT2D eigenvalue weighted by Gasteiger charge is 1.94. The Bertz CT molecular complexity index is 239. The van der Waals surface area contributed by atoms with E-state index in [1.54, 1.807) is 12.1 Å². The normalized spacial score (nSPS) is 8.82. The number of nitrogens with one attached hydrogen (secondary N) is 1. The lowest BCUT2D eigenvalue weighted by Crippen LogP contribution is -2.16. The first-order chi connectivity index (χ1) is 5.33. The lowest BCUT2D eigenvalue weighted by Gasteiger charge is -2.02. The van der Waals surface area contributed by atoms with Gasteiger partial charge in [-0.25, -0.2) is 0 Å². The van der Waals surface area contributed by atoms with Gasteiger partial charge in [-0.15, -0.1) is 0 Å². The van der Waals surface area contributed by atoms with E-state index in [1.165, 1.54) is 0 Å². The molecule has 0 aliphatic heterocycles. The van der Waals surface area contributed by atoms with Crippen LogP contribution < -0.4 is 9.57 Å². The fraction of sp³-hybridized carbons (Fsp3) is 0. The molecule has 11 heavy (non-hydrogen) atoms. The maximum atomic E-state index is 5.19. The summed E-state index contributed by atoms with van der Waals surface area (Å²) in [4.78, 5) is 2.19. The minimum absolute atomic E-state index is 0.151. The summed E-state index contributed by atoms with van der Waals surface area (Å²) in [6.07, 6.45) is 0. The van der Waals surface area contributed by atoms with Crippen molar-refractivity contribution < 1.29 is 4.74 Å². The molecular formula is C7H6ClNOS. The van der Waals surface area contributed by atoms with Crippen molar-refractivity contribution >= 4 is 29.2 Å².